The highest BCUT2D eigenvalue weighted by atomic mass is 35.5. The van der Waals surface area contributed by atoms with E-state index in [0.29, 0.717) is 22.4 Å². The molecule has 1 aliphatic heterocycles. The minimum atomic E-state index is -0.290. The Balaban J connectivity index is 1.76. The molecular formula is C16H12Cl2FN5. The largest absolute Gasteiger partial charge is 0.346 e. The maximum absolute atomic E-state index is 13.6. The summed E-state index contributed by atoms with van der Waals surface area (Å²) in [4.78, 5) is 0. The predicted octanol–water partition coefficient (Wildman–Crippen LogP) is 4.27. The van der Waals surface area contributed by atoms with E-state index in [4.69, 9.17) is 23.2 Å². The van der Waals surface area contributed by atoms with E-state index in [1.165, 1.54) is 12.1 Å². The number of hydrogen-bond donors (Lipinski definition) is 1. The van der Waals surface area contributed by atoms with Gasteiger partial charge in [-0.15, -0.1) is 0 Å². The average Bonchev–Trinajstić information content (AvgIpc) is 3.02. The second-order valence-electron chi connectivity index (χ2n) is 5.62. The molecule has 0 amide bonds. The van der Waals surface area contributed by atoms with E-state index < -0.39 is 0 Å². The van der Waals surface area contributed by atoms with Crippen LogP contribution in [0.3, 0.4) is 0 Å². The Kier molecular flexibility index (Phi) is 3.86. The third kappa shape index (κ3) is 2.72. The number of aromatic nitrogens is 4. The highest BCUT2D eigenvalue weighted by molar-refractivity contribution is 6.35. The van der Waals surface area contributed by atoms with Crippen molar-refractivity contribution in [3.63, 3.8) is 0 Å². The van der Waals surface area contributed by atoms with Crippen LogP contribution in [0, 0.1) is 5.82 Å². The van der Waals surface area contributed by atoms with Gasteiger partial charge in [-0.05, 0) is 52.2 Å². The highest BCUT2D eigenvalue weighted by Gasteiger charge is 2.31. The van der Waals surface area contributed by atoms with Gasteiger partial charge < -0.3 is 5.32 Å². The summed E-state index contributed by atoms with van der Waals surface area (Å²) in [5, 5.41) is 16.2. The van der Waals surface area contributed by atoms with Gasteiger partial charge >= 0.3 is 0 Å². The van der Waals surface area contributed by atoms with E-state index in [1.807, 2.05) is 12.1 Å². The Labute approximate surface area is 147 Å². The van der Waals surface area contributed by atoms with Gasteiger partial charge in [0.25, 0.3) is 0 Å². The number of tetrazole rings is 1. The zero-order valence-electron chi connectivity index (χ0n) is 12.3. The van der Waals surface area contributed by atoms with Gasteiger partial charge in [0, 0.05) is 10.0 Å². The van der Waals surface area contributed by atoms with Crippen molar-refractivity contribution in [1.82, 2.24) is 20.2 Å². The van der Waals surface area contributed by atoms with Crippen LogP contribution < -0.4 is 5.32 Å². The van der Waals surface area contributed by atoms with Crippen LogP contribution in [0.5, 0.6) is 0 Å². The van der Waals surface area contributed by atoms with Crippen molar-refractivity contribution in [1.29, 1.82) is 0 Å². The van der Waals surface area contributed by atoms with Crippen molar-refractivity contribution in [2.75, 3.05) is 5.32 Å². The third-order valence-corrected chi connectivity index (χ3v) is 4.68. The average molecular weight is 364 g/mol. The standard InChI is InChI=1S/C16H12Cl2FN5/c17-10-4-5-12(13(18)7-10)14-8-15(9-2-1-3-11(19)6-9)24-16(20-14)21-22-23-24/h1-7,14-15H,8H2,(H,20,21,23)/t14-,15-/m1/s1. The molecule has 4 rings (SSSR count). The molecule has 1 aromatic heterocycles. The summed E-state index contributed by atoms with van der Waals surface area (Å²) in [6.45, 7) is 0. The molecule has 3 aromatic rings. The van der Waals surface area contributed by atoms with Gasteiger partial charge in [0.2, 0.25) is 5.95 Å². The lowest BCUT2D eigenvalue weighted by atomic mass is 9.93. The minimum Gasteiger partial charge on any atom is -0.346 e. The van der Waals surface area contributed by atoms with Crippen molar-refractivity contribution in [2.45, 2.75) is 18.5 Å². The molecule has 122 valence electrons. The monoisotopic (exact) mass is 363 g/mol. The maximum Gasteiger partial charge on any atom is 0.243 e. The van der Waals surface area contributed by atoms with Crippen LogP contribution >= 0.6 is 23.2 Å². The number of nitrogens with one attached hydrogen (secondary N) is 1. The summed E-state index contributed by atoms with van der Waals surface area (Å²) in [6.07, 6.45) is 0.628. The molecule has 2 atom stereocenters. The summed E-state index contributed by atoms with van der Waals surface area (Å²) in [7, 11) is 0. The minimum absolute atomic E-state index is 0.110. The van der Waals surface area contributed by atoms with Gasteiger partial charge in [-0.2, -0.15) is 0 Å². The number of rotatable bonds is 2. The van der Waals surface area contributed by atoms with E-state index in [9.17, 15) is 4.39 Å². The summed E-state index contributed by atoms with van der Waals surface area (Å²) < 4.78 is 15.3. The van der Waals surface area contributed by atoms with Gasteiger partial charge in [0.1, 0.15) is 5.82 Å². The Morgan fingerprint density at radius 3 is 2.83 bits per heavy atom. The lowest BCUT2D eigenvalue weighted by Gasteiger charge is -2.31. The molecule has 0 aliphatic carbocycles. The third-order valence-electron chi connectivity index (χ3n) is 4.12. The van der Waals surface area contributed by atoms with Crippen molar-refractivity contribution in [3.8, 4) is 0 Å². The van der Waals surface area contributed by atoms with Crippen LogP contribution in [-0.4, -0.2) is 20.2 Å². The number of halogens is 3. The molecule has 5 nitrogen and oxygen atoms in total. The first-order valence-electron chi connectivity index (χ1n) is 7.36. The molecule has 0 saturated heterocycles. The lowest BCUT2D eigenvalue weighted by Crippen LogP contribution is -2.28. The van der Waals surface area contributed by atoms with Crippen molar-refractivity contribution >= 4 is 29.2 Å². The molecule has 0 saturated carbocycles. The second kappa shape index (κ2) is 6.03. The van der Waals surface area contributed by atoms with Crippen LogP contribution in [0.4, 0.5) is 10.3 Å². The molecule has 0 radical (unpaired) electrons. The Hall–Kier alpha value is -2.18. The molecule has 1 aliphatic rings. The molecular weight excluding hydrogens is 352 g/mol. The molecule has 1 N–H and O–H groups in total. The number of nitrogens with zero attached hydrogens (tertiary/aromatic N) is 4. The molecule has 0 unspecified atom stereocenters. The summed E-state index contributed by atoms with van der Waals surface area (Å²) in [5.74, 6) is 0.230. The van der Waals surface area contributed by atoms with E-state index in [1.54, 1.807) is 22.9 Å². The maximum atomic E-state index is 13.6. The number of anilines is 1. The Morgan fingerprint density at radius 2 is 2.04 bits per heavy atom. The first-order valence-corrected chi connectivity index (χ1v) is 8.12. The van der Waals surface area contributed by atoms with Crippen LogP contribution in [-0.2, 0) is 0 Å². The fourth-order valence-electron chi connectivity index (χ4n) is 3.02. The summed E-state index contributed by atoms with van der Waals surface area (Å²) in [5.41, 5.74) is 1.71. The van der Waals surface area contributed by atoms with Crippen LogP contribution in [0.2, 0.25) is 10.0 Å². The molecule has 0 spiro atoms. The van der Waals surface area contributed by atoms with Crippen LogP contribution in [0.25, 0.3) is 0 Å². The molecule has 24 heavy (non-hydrogen) atoms. The van der Waals surface area contributed by atoms with E-state index in [-0.39, 0.29) is 17.9 Å². The number of fused-ring (bicyclic) bond motifs is 1. The Bertz CT molecular complexity index is 898. The summed E-state index contributed by atoms with van der Waals surface area (Å²) in [6, 6.07) is 11.5. The van der Waals surface area contributed by atoms with Gasteiger partial charge in [-0.25, -0.2) is 9.07 Å². The van der Waals surface area contributed by atoms with Crippen LogP contribution in [0.15, 0.2) is 42.5 Å². The zero-order chi connectivity index (χ0) is 16.7. The molecule has 2 aromatic carbocycles. The lowest BCUT2D eigenvalue weighted by molar-refractivity contribution is 0.422. The van der Waals surface area contributed by atoms with Crippen LogP contribution in [0.1, 0.15) is 29.6 Å². The zero-order valence-corrected chi connectivity index (χ0v) is 13.8. The van der Waals surface area contributed by atoms with Crippen molar-refractivity contribution < 1.29 is 4.39 Å². The first kappa shape index (κ1) is 15.4. The fourth-order valence-corrected chi connectivity index (χ4v) is 3.56. The van der Waals surface area contributed by atoms with E-state index >= 15 is 0 Å². The Morgan fingerprint density at radius 1 is 1.17 bits per heavy atom. The topological polar surface area (TPSA) is 55.6 Å². The van der Waals surface area contributed by atoms with Gasteiger partial charge in [-0.3, -0.25) is 0 Å². The predicted molar refractivity (Wildman–Crippen MR) is 89.8 cm³/mol. The second-order valence-corrected chi connectivity index (χ2v) is 6.46. The highest BCUT2D eigenvalue weighted by Crippen LogP contribution is 2.39. The fraction of sp³-hybridized carbons (Fsp3) is 0.188. The molecule has 8 heteroatoms. The van der Waals surface area contributed by atoms with E-state index in [0.717, 1.165) is 11.1 Å². The van der Waals surface area contributed by atoms with Crippen molar-refractivity contribution in [2.24, 2.45) is 0 Å². The van der Waals surface area contributed by atoms with Crippen molar-refractivity contribution in [3.05, 3.63) is 69.5 Å². The van der Waals surface area contributed by atoms with Gasteiger partial charge in [-0.1, -0.05) is 46.5 Å². The van der Waals surface area contributed by atoms with E-state index in [2.05, 4.69) is 20.8 Å². The first-order chi connectivity index (χ1) is 11.6. The molecule has 0 fully saturated rings. The quantitative estimate of drug-likeness (QED) is 0.738. The number of hydrogen-bond acceptors (Lipinski definition) is 4. The smallest absolute Gasteiger partial charge is 0.243 e. The SMILES string of the molecule is Fc1cccc([C@H]2C[C@H](c3ccc(Cl)cc3Cl)Nc3nnnn32)c1. The number of benzene rings is 2. The molecule has 0 bridgehead atoms. The normalized spacial score (nSPS) is 19.6. The summed E-state index contributed by atoms with van der Waals surface area (Å²) >= 11 is 12.3. The van der Waals surface area contributed by atoms with Gasteiger partial charge in [0.05, 0.1) is 12.1 Å². The molecule has 2 heterocycles. The van der Waals surface area contributed by atoms with Gasteiger partial charge in [0.15, 0.2) is 0 Å².